The molecule has 0 aliphatic heterocycles. The van der Waals surface area contributed by atoms with Crippen LogP contribution in [-0.4, -0.2) is 34.9 Å². The summed E-state index contributed by atoms with van der Waals surface area (Å²) in [6.07, 6.45) is 1.41. The molecule has 31 heavy (non-hydrogen) atoms. The zero-order valence-corrected chi connectivity index (χ0v) is 19.6. The van der Waals surface area contributed by atoms with Gasteiger partial charge >= 0.3 is 0 Å². The van der Waals surface area contributed by atoms with Gasteiger partial charge in [0.25, 0.3) is 0 Å². The lowest BCUT2D eigenvalue weighted by Crippen LogP contribution is -2.53. The number of halogens is 1. The Morgan fingerprint density at radius 1 is 1.06 bits per heavy atom. The van der Waals surface area contributed by atoms with Crippen LogP contribution in [0.3, 0.4) is 0 Å². The second kappa shape index (κ2) is 11.8. The topological polar surface area (TPSA) is 58.6 Å². The number of benzene rings is 2. The molecule has 0 bridgehead atoms. The first kappa shape index (κ1) is 24.7. The molecule has 0 heterocycles. The minimum absolute atomic E-state index is 0.0671. The van der Waals surface area contributed by atoms with Crippen LogP contribution in [0.2, 0.25) is 5.02 Å². The smallest absolute Gasteiger partial charge is 0.243 e. The second-order valence-electron chi connectivity index (χ2n) is 8.58. The van der Waals surface area contributed by atoms with Gasteiger partial charge in [-0.3, -0.25) is 9.59 Å². The van der Waals surface area contributed by atoms with Crippen molar-refractivity contribution in [3.8, 4) is 5.75 Å². The molecule has 2 amide bonds. The van der Waals surface area contributed by atoms with Crippen LogP contribution in [0, 0.1) is 0 Å². The highest BCUT2D eigenvalue weighted by molar-refractivity contribution is 6.30. The Morgan fingerprint density at radius 2 is 1.71 bits per heavy atom. The SMILES string of the molecule is CC[C@@H](C(=O)NC(C)(C)C)N(Cc1ccc(Cl)cc1)C(=O)CCCOc1ccccc1. The first-order chi connectivity index (χ1) is 14.7. The van der Waals surface area contributed by atoms with E-state index in [-0.39, 0.29) is 17.4 Å². The van der Waals surface area contributed by atoms with Crippen LogP contribution in [0.25, 0.3) is 0 Å². The second-order valence-corrected chi connectivity index (χ2v) is 9.01. The molecule has 6 heteroatoms. The van der Waals surface area contributed by atoms with Crippen LogP contribution in [0.15, 0.2) is 54.6 Å². The fourth-order valence-electron chi connectivity index (χ4n) is 3.23. The Morgan fingerprint density at radius 3 is 2.29 bits per heavy atom. The normalized spacial score (nSPS) is 12.2. The van der Waals surface area contributed by atoms with Gasteiger partial charge < -0.3 is 15.0 Å². The summed E-state index contributed by atoms with van der Waals surface area (Å²) in [7, 11) is 0. The van der Waals surface area contributed by atoms with Crippen molar-refractivity contribution in [1.29, 1.82) is 0 Å². The van der Waals surface area contributed by atoms with Gasteiger partial charge in [-0.1, -0.05) is 48.9 Å². The van der Waals surface area contributed by atoms with Gasteiger partial charge in [-0.25, -0.2) is 0 Å². The maximum Gasteiger partial charge on any atom is 0.243 e. The summed E-state index contributed by atoms with van der Waals surface area (Å²) in [5.41, 5.74) is 0.559. The number of hydrogen-bond donors (Lipinski definition) is 1. The van der Waals surface area contributed by atoms with Gasteiger partial charge in [-0.2, -0.15) is 0 Å². The molecule has 168 valence electrons. The lowest BCUT2D eigenvalue weighted by atomic mass is 10.0. The quantitative estimate of drug-likeness (QED) is 0.511. The van der Waals surface area contributed by atoms with Gasteiger partial charge in [0.05, 0.1) is 6.61 Å². The molecule has 0 saturated carbocycles. The van der Waals surface area contributed by atoms with E-state index in [9.17, 15) is 9.59 Å². The van der Waals surface area contributed by atoms with Crippen molar-refractivity contribution in [2.45, 2.75) is 65.1 Å². The Bertz CT molecular complexity index is 832. The monoisotopic (exact) mass is 444 g/mol. The fourth-order valence-corrected chi connectivity index (χ4v) is 3.36. The number of ether oxygens (including phenoxy) is 1. The summed E-state index contributed by atoms with van der Waals surface area (Å²) < 4.78 is 5.70. The molecule has 0 radical (unpaired) electrons. The predicted octanol–water partition coefficient (Wildman–Crippen LogP) is 5.22. The van der Waals surface area contributed by atoms with E-state index in [1.165, 1.54) is 0 Å². The molecule has 0 spiro atoms. The third-order valence-electron chi connectivity index (χ3n) is 4.70. The summed E-state index contributed by atoms with van der Waals surface area (Å²) in [5, 5.41) is 3.65. The van der Waals surface area contributed by atoms with Gasteiger partial charge in [-0.05, 0) is 63.4 Å². The van der Waals surface area contributed by atoms with E-state index in [0.29, 0.717) is 37.4 Å². The summed E-state index contributed by atoms with van der Waals surface area (Å²) in [6.45, 7) is 8.52. The van der Waals surface area contributed by atoms with Crippen molar-refractivity contribution in [2.24, 2.45) is 0 Å². The molecule has 0 saturated heterocycles. The average Bonchev–Trinajstić information content (AvgIpc) is 2.72. The number of nitrogens with zero attached hydrogens (tertiary/aromatic N) is 1. The van der Waals surface area contributed by atoms with Crippen molar-refractivity contribution in [3.63, 3.8) is 0 Å². The first-order valence-corrected chi connectivity index (χ1v) is 11.1. The molecule has 5 nitrogen and oxygen atoms in total. The molecule has 0 fully saturated rings. The number of para-hydroxylation sites is 1. The van der Waals surface area contributed by atoms with E-state index in [2.05, 4.69) is 5.32 Å². The zero-order chi connectivity index (χ0) is 22.9. The molecule has 0 aromatic heterocycles. The molecule has 0 aliphatic carbocycles. The lowest BCUT2D eigenvalue weighted by Gasteiger charge is -2.33. The third kappa shape index (κ3) is 8.62. The highest BCUT2D eigenvalue weighted by Gasteiger charge is 2.30. The number of carbonyl (C=O) groups is 2. The molecule has 2 rings (SSSR count). The van der Waals surface area contributed by atoms with Crippen molar-refractivity contribution < 1.29 is 14.3 Å². The van der Waals surface area contributed by atoms with Crippen LogP contribution < -0.4 is 10.1 Å². The number of rotatable bonds is 10. The van der Waals surface area contributed by atoms with Gasteiger partial charge in [0.15, 0.2) is 0 Å². The van der Waals surface area contributed by atoms with Crippen molar-refractivity contribution in [1.82, 2.24) is 10.2 Å². The van der Waals surface area contributed by atoms with E-state index in [0.717, 1.165) is 11.3 Å². The molecule has 2 aromatic rings. The molecule has 0 unspecified atom stereocenters. The molecule has 1 N–H and O–H groups in total. The van der Waals surface area contributed by atoms with Crippen LogP contribution in [0.1, 0.15) is 52.5 Å². The number of carbonyl (C=O) groups excluding carboxylic acids is 2. The highest BCUT2D eigenvalue weighted by atomic mass is 35.5. The van der Waals surface area contributed by atoms with E-state index in [1.807, 2.05) is 70.2 Å². The Hall–Kier alpha value is -2.53. The maximum absolute atomic E-state index is 13.2. The largest absolute Gasteiger partial charge is 0.494 e. The maximum atomic E-state index is 13.2. The Labute approximate surface area is 190 Å². The Kier molecular flexibility index (Phi) is 9.38. The van der Waals surface area contributed by atoms with Crippen LogP contribution in [-0.2, 0) is 16.1 Å². The molecule has 1 atom stereocenters. The van der Waals surface area contributed by atoms with E-state index < -0.39 is 6.04 Å². The Balaban J connectivity index is 2.08. The first-order valence-electron chi connectivity index (χ1n) is 10.7. The van der Waals surface area contributed by atoms with Gasteiger partial charge in [0.1, 0.15) is 11.8 Å². The van der Waals surface area contributed by atoms with Crippen LogP contribution in [0.4, 0.5) is 0 Å². The van der Waals surface area contributed by atoms with E-state index >= 15 is 0 Å². The highest BCUT2D eigenvalue weighted by Crippen LogP contribution is 2.18. The van der Waals surface area contributed by atoms with Gasteiger partial charge in [0.2, 0.25) is 11.8 Å². The van der Waals surface area contributed by atoms with Crippen LogP contribution in [0.5, 0.6) is 5.75 Å². The number of amides is 2. The van der Waals surface area contributed by atoms with Crippen molar-refractivity contribution >= 4 is 23.4 Å². The lowest BCUT2D eigenvalue weighted by molar-refractivity contribution is -0.142. The fraction of sp³-hybridized carbons (Fsp3) is 0.440. The minimum atomic E-state index is -0.544. The van der Waals surface area contributed by atoms with Gasteiger partial charge in [0, 0.05) is 23.5 Å². The van der Waals surface area contributed by atoms with Crippen molar-refractivity contribution in [3.05, 3.63) is 65.2 Å². The number of nitrogens with one attached hydrogen (secondary N) is 1. The summed E-state index contributed by atoms with van der Waals surface area (Å²) in [4.78, 5) is 27.8. The van der Waals surface area contributed by atoms with E-state index in [4.69, 9.17) is 16.3 Å². The summed E-state index contributed by atoms with van der Waals surface area (Å²) >= 11 is 6.00. The summed E-state index contributed by atoms with van der Waals surface area (Å²) in [6, 6.07) is 16.3. The zero-order valence-electron chi connectivity index (χ0n) is 18.9. The predicted molar refractivity (Wildman–Crippen MR) is 125 cm³/mol. The average molecular weight is 445 g/mol. The standard InChI is InChI=1S/C25H33ClN2O3/c1-5-22(24(30)27-25(2,3)4)28(18-19-13-15-20(26)16-14-19)23(29)12-9-17-31-21-10-7-6-8-11-21/h6-8,10-11,13-16,22H,5,9,12,17-18H2,1-4H3,(H,27,30)/t22-/m0/s1. The summed E-state index contributed by atoms with van der Waals surface area (Å²) in [5.74, 6) is 0.573. The molecule has 2 aromatic carbocycles. The number of hydrogen-bond acceptors (Lipinski definition) is 3. The molecular weight excluding hydrogens is 412 g/mol. The van der Waals surface area contributed by atoms with Gasteiger partial charge in [-0.15, -0.1) is 0 Å². The van der Waals surface area contributed by atoms with Crippen LogP contribution >= 0.6 is 11.6 Å². The molecular formula is C25H33ClN2O3. The third-order valence-corrected chi connectivity index (χ3v) is 4.95. The van der Waals surface area contributed by atoms with Crippen molar-refractivity contribution in [2.75, 3.05) is 6.61 Å². The molecule has 0 aliphatic rings. The minimum Gasteiger partial charge on any atom is -0.494 e. The van der Waals surface area contributed by atoms with E-state index in [1.54, 1.807) is 17.0 Å².